The lowest BCUT2D eigenvalue weighted by molar-refractivity contribution is 0.285. The molecule has 1 aromatic carbocycles. The van der Waals surface area contributed by atoms with Crippen LogP contribution in [0.15, 0.2) is 22.7 Å². The van der Waals surface area contributed by atoms with E-state index >= 15 is 0 Å². The van der Waals surface area contributed by atoms with Gasteiger partial charge in [0.05, 0.1) is 11.1 Å². The molecule has 0 aliphatic rings. The lowest BCUT2D eigenvalue weighted by Crippen LogP contribution is -1.76. The van der Waals surface area contributed by atoms with Crippen LogP contribution < -0.4 is 0 Å². The van der Waals surface area contributed by atoms with Crippen molar-refractivity contribution in [2.75, 3.05) is 0 Å². The van der Waals surface area contributed by atoms with Gasteiger partial charge in [-0.3, -0.25) is 0 Å². The Balaban J connectivity index is 2.76. The highest BCUT2D eigenvalue weighted by molar-refractivity contribution is 9.10. The summed E-state index contributed by atoms with van der Waals surface area (Å²) in [5.41, 5.74) is 0. The van der Waals surface area contributed by atoms with E-state index in [1.165, 1.54) is 11.3 Å². The number of hydrogen-bond donors (Lipinski definition) is 1. The number of benzene rings is 1. The van der Waals surface area contributed by atoms with Crippen molar-refractivity contribution < 1.29 is 9.50 Å². The van der Waals surface area contributed by atoms with Crippen molar-refractivity contribution in [3.8, 4) is 0 Å². The maximum absolute atomic E-state index is 13.4. The second-order valence-corrected chi connectivity index (χ2v) is 4.67. The summed E-state index contributed by atoms with van der Waals surface area (Å²) in [4.78, 5) is 0.784. The quantitative estimate of drug-likeness (QED) is 0.835. The number of aliphatic hydroxyl groups excluding tert-OH is 1. The molecule has 0 aliphatic heterocycles. The fraction of sp³-hybridized carbons (Fsp3) is 0.111. The molecule has 0 atom stereocenters. The average molecular weight is 261 g/mol. The lowest BCUT2D eigenvalue weighted by Gasteiger charge is -1.93. The van der Waals surface area contributed by atoms with E-state index in [1.807, 2.05) is 6.07 Å². The maximum Gasteiger partial charge on any atom is 0.146 e. The largest absolute Gasteiger partial charge is 0.391 e. The van der Waals surface area contributed by atoms with Crippen LogP contribution in [0.4, 0.5) is 4.39 Å². The number of rotatable bonds is 1. The number of thiophene rings is 1. The van der Waals surface area contributed by atoms with E-state index in [0.29, 0.717) is 9.86 Å². The monoisotopic (exact) mass is 260 g/mol. The van der Waals surface area contributed by atoms with E-state index < -0.39 is 0 Å². The Hall–Kier alpha value is -0.450. The summed E-state index contributed by atoms with van der Waals surface area (Å²) in [6, 6.07) is 5.20. The van der Waals surface area contributed by atoms with Crippen LogP contribution in [-0.2, 0) is 6.61 Å². The first-order valence-corrected chi connectivity index (χ1v) is 5.30. The summed E-state index contributed by atoms with van der Waals surface area (Å²) in [7, 11) is 0. The first kappa shape index (κ1) is 9.12. The molecule has 1 aromatic heterocycles. The van der Waals surface area contributed by atoms with Crippen LogP contribution in [0.1, 0.15) is 4.88 Å². The highest BCUT2D eigenvalue weighted by Crippen LogP contribution is 2.31. The third-order valence-electron chi connectivity index (χ3n) is 1.79. The number of aliphatic hydroxyl groups is 1. The summed E-state index contributed by atoms with van der Waals surface area (Å²) in [5, 5.41) is 9.45. The fourth-order valence-corrected chi connectivity index (χ4v) is 2.45. The van der Waals surface area contributed by atoms with Gasteiger partial charge in [0.1, 0.15) is 5.82 Å². The fourth-order valence-electron chi connectivity index (χ4n) is 1.18. The number of halogens is 2. The van der Waals surface area contributed by atoms with E-state index in [2.05, 4.69) is 15.9 Å². The van der Waals surface area contributed by atoms with Gasteiger partial charge in [0.25, 0.3) is 0 Å². The van der Waals surface area contributed by atoms with Gasteiger partial charge >= 0.3 is 0 Å². The molecule has 0 aliphatic carbocycles. The molecular formula is C9H6BrFOS. The maximum atomic E-state index is 13.4. The molecule has 4 heteroatoms. The van der Waals surface area contributed by atoms with E-state index in [-0.39, 0.29) is 12.4 Å². The van der Waals surface area contributed by atoms with Gasteiger partial charge in [-0.2, -0.15) is 0 Å². The summed E-state index contributed by atoms with van der Waals surface area (Å²) >= 11 is 4.52. The van der Waals surface area contributed by atoms with Crippen LogP contribution in [0.25, 0.3) is 10.1 Å². The minimum absolute atomic E-state index is 0.0313. The average Bonchev–Trinajstić information content (AvgIpc) is 2.55. The molecule has 0 saturated carbocycles. The Morgan fingerprint density at radius 1 is 1.46 bits per heavy atom. The Kier molecular flexibility index (Phi) is 2.36. The van der Waals surface area contributed by atoms with Gasteiger partial charge in [-0.1, -0.05) is 0 Å². The molecule has 0 saturated heterocycles. The number of hydrogen-bond acceptors (Lipinski definition) is 2. The van der Waals surface area contributed by atoms with E-state index in [1.54, 1.807) is 12.1 Å². The Morgan fingerprint density at radius 2 is 2.23 bits per heavy atom. The zero-order valence-electron chi connectivity index (χ0n) is 6.55. The zero-order valence-corrected chi connectivity index (χ0v) is 8.95. The minimum atomic E-state index is -0.256. The van der Waals surface area contributed by atoms with Crippen molar-refractivity contribution in [1.82, 2.24) is 0 Å². The van der Waals surface area contributed by atoms with E-state index in [0.717, 1.165) is 9.58 Å². The third kappa shape index (κ3) is 1.49. The Morgan fingerprint density at radius 3 is 2.92 bits per heavy atom. The first-order valence-electron chi connectivity index (χ1n) is 3.69. The molecule has 0 fully saturated rings. The molecule has 68 valence electrons. The van der Waals surface area contributed by atoms with Gasteiger partial charge in [-0.15, -0.1) is 11.3 Å². The molecule has 1 heterocycles. The first-order chi connectivity index (χ1) is 6.22. The van der Waals surface area contributed by atoms with Crippen molar-refractivity contribution >= 4 is 37.4 Å². The van der Waals surface area contributed by atoms with Crippen LogP contribution in [0.2, 0.25) is 0 Å². The van der Waals surface area contributed by atoms with Gasteiger partial charge in [0.2, 0.25) is 0 Å². The van der Waals surface area contributed by atoms with Crippen LogP contribution >= 0.6 is 27.3 Å². The molecule has 1 nitrogen and oxygen atoms in total. The summed E-state index contributed by atoms with van der Waals surface area (Å²) < 4.78 is 14.8. The van der Waals surface area contributed by atoms with Crippen LogP contribution in [0.3, 0.4) is 0 Å². The second-order valence-electron chi connectivity index (χ2n) is 2.64. The lowest BCUT2D eigenvalue weighted by atomic mass is 10.2. The Bertz CT molecular complexity index is 452. The van der Waals surface area contributed by atoms with Gasteiger partial charge < -0.3 is 5.11 Å². The normalized spacial score (nSPS) is 11.0. The molecule has 0 bridgehead atoms. The van der Waals surface area contributed by atoms with E-state index in [9.17, 15) is 4.39 Å². The van der Waals surface area contributed by atoms with Crippen molar-refractivity contribution in [3.63, 3.8) is 0 Å². The zero-order chi connectivity index (χ0) is 9.42. The molecule has 2 rings (SSSR count). The summed E-state index contributed by atoms with van der Waals surface area (Å²) in [6.45, 7) is -0.0313. The van der Waals surface area contributed by atoms with E-state index in [4.69, 9.17) is 5.11 Å². The van der Waals surface area contributed by atoms with Crippen LogP contribution in [0, 0.1) is 5.82 Å². The predicted molar refractivity (Wildman–Crippen MR) is 55.4 cm³/mol. The molecule has 0 amide bonds. The second kappa shape index (κ2) is 3.36. The molecule has 0 radical (unpaired) electrons. The molecule has 2 aromatic rings. The highest BCUT2D eigenvalue weighted by atomic mass is 79.9. The summed E-state index contributed by atoms with van der Waals surface area (Å²) in [5.74, 6) is -0.256. The van der Waals surface area contributed by atoms with Gasteiger partial charge in [0.15, 0.2) is 0 Å². The molecular weight excluding hydrogens is 255 g/mol. The molecule has 0 unspecified atom stereocenters. The summed E-state index contributed by atoms with van der Waals surface area (Å²) in [6.07, 6.45) is 0. The van der Waals surface area contributed by atoms with Gasteiger partial charge in [-0.05, 0) is 34.1 Å². The van der Waals surface area contributed by atoms with Crippen molar-refractivity contribution in [3.05, 3.63) is 33.4 Å². The molecule has 13 heavy (non-hydrogen) atoms. The third-order valence-corrected chi connectivity index (χ3v) is 3.49. The van der Waals surface area contributed by atoms with Crippen molar-refractivity contribution in [2.45, 2.75) is 6.61 Å². The molecule has 1 N–H and O–H groups in total. The predicted octanol–water partition coefficient (Wildman–Crippen LogP) is 3.30. The van der Waals surface area contributed by atoms with Crippen LogP contribution in [0.5, 0.6) is 0 Å². The number of fused-ring (bicyclic) bond motifs is 1. The Labute approximate surface area is 86.9 Å². The van der Waals surface area contributed by atoms with Crippen molar-refractivity contribution in [2.24, 2.45) is 0 Å². The van der Waals surface area contributed by atoms with Crippen LogP contribution in [-0.4, -0.2) is 5.11 Å². The SMILES string of the molecule is OCc1cc2c(F)c(Br)ccc2s1. The highest BCUT2D eigenvalue weighted by Gasteiger charge is 2.08. The standard InChI is InChI=1S/C9H6BrFOS/c10-7-1-2-8-6(9(7)11)3-5(4-12)13-8/h1-3,12H,4H2. The van der Waals surface area contributed by atoms with Gasteiger partial charge in [0, 0.05) is 15.0 Å². The molecule has 0 spiro atoms. The smallest absolute Gasteiger partial charge is 0.146 e. The van der Waals surface area contributed by atoms with Crippen molar-refractivity contribution in [1.29, 1.82) is 0 Å². The van der Waals surface area contributed by atoms with Gasteiger partial charge in [-0.25, -0.2) is 4.39 Å². The minimum Gasteiger partial charge on any atom is -0.391 e. The topological polar surface area (TPSA) is 20.2 Å².